The molecule has 2 aromatic rings. The number of aliphatic imine (C=N–C) groups is 1. The lowest BCUT2D eigenvalue weighted by Gasteiger charge is -2.12. The highest BCUT2D eigenvalue weighted by Gasteiger charge is 2.04. The predicted molar refractivity (Wildman–Crippen MR) is 139 cm³/mol. The molecule has 0 unspecified atom stereocenters. The highest BCUT2D eigenvalue weighted by atomic mass is 127. The van der Waals surface area contributed by atoms with Crippen LogP contribution in [-0.2, 0) is 17.8 Å². The van der Waals surface area contributed by atoms with Crippen molar-refractivity contribution in [1.29, 1.82) is 0 Å². The van der Waals surface area contributed by atoms with E-state index in [1.807, 2.05) is 62.3 Å². The number of guanidine groups is 1. The Morgan fingerprint density at radius 2 is 1.81 bits per heavy atom. The molecule has 3 N–H and O–H groups in total. The first-order valence-electron chi connectivity index (χ1n) is 10.2. The Bertz CT molecular complexity index is 825. The minimum atomic E-state index is -0.0332. The average molecular weight is 539 g/mol. The van der Waals surface area contributed by atoms with Crippen LogP contribution in [-0.4, -0.2) is 57.6 Å². The standard InChI is InChI=1S/C23H33N5O2.HI/c1-5-24-23(25-14-13-18-9-11-21(30-4)12-10-18)26-16-19-7-6-8-20(15-19)27-22(29)17-28(2)3;/h6-12,15H,5,13-14,16-17H2,1-4H3,(H,27,29)(H2,24,25,26);1H. The van der Waals surface area contributed by atoms with Crippen molar-refractivity contribution in [3.05, 3.63) is 59.7 Å². The fraction of sp³-hybridized carbons (Fsp3) is 0.391. The van der Waals surface area contributed by atoms with Gasteiger partial charge >= 0.3 is 0 Å². The summed E-state index contributed by atoms with van der Waals surface area (Å²) in [4.78, 5) is 18.5. The number of methoxy groups -OCH3 is 1. The zero-order valence-electron chi connectivity index (χ0n) is 18.8. The first kappa shape index (κ1) is 26.7. The molecule has 31 heavy (non-hydrogen) atoms. The Kier molecular flexibility index (Phi) is 12.6. The molecule has 2 rings (SSSR count). The second-order valence-electron chi connectivity index (χ2n) is 7.21. The number of amides is 1. The van der Waals surface area contributed by atoms with E-state index >= 15 is 0 Å². The van der Waals surface area contributed by atoms with E-state index in [0.29, 0.717) is 13.1 Å². The molecule has 0 atom stereocenters. The molecular formula is C23H34IN5O2. The summed E-state index contributed by atoms with van der Waals surface area (Å²) in [5, 5.41) is 9.56. The maximum Gasteiger partial charge on any atom is 0.238 e. The van der Waals surface area contributed by atoms with E-state index in [-0.39, 0.29) is 29.9 Å². The van der Waals surface area contributed by atoms with Gasteiger partial charge in [0.05, 0.1) is 20.2 Å². The quantitative estimate of drug-likeness (QED) is 0.246. The van der Waals surface area contributed by atoms with Crippen molar-refractivity contribution in [3.8, 4) is 5.75 Å². The number of carbonyl (C=O) groups is 1. The monoisotopic (exact) mass is 539 g/mol. The van der Waals surface area contributed by atoms with Gasteiger partial charge in [-0.05, 0) is 62.8 Å². The second kappa shape index (κ2) is 14.6. The maximum atomic E-state index is 11.9. The van der Waals surface area contributed by atoms with Crippen molar-refractivity contribution in [2.75, 3.05) is 46.2 Å². The Labute approximate surface area is 202 Å². The molecule has 0 fully saturated rings. The van der Waals surface area contributed by atoms with Gasteiger partial charge in [0.15, 0.2) is 5.96 Å². The first-order valence-corrected chi connectivity index (χ1v) is 10.2. The summed E-state index contributed by atoms with van der Waals surface area (Å²) in [6.45, 7) is 4.48. The van der Waals surface area contributed by atoms with Gasteiger partial charge in [0.25, 0.3) is 0 Å². The van der Waals surface area contributed by atoms with Crippen molar-refractivity contribution < 1.29 is 9.53 Å². The summed E-state index contributed by atoms with van der Waals surface area (Å²) in [5.41, 5.74) is 3.05. The summed E-state index contributed by atoms with van der Waals surface area (Å²) < 4.78 is 5.19. The zero-order valence-corrected chi connectivity index (χ0v) is 21.1. The minimum Gasteiger partial charge on any atom is -0.497 e. The number of benzene rings is 2. The fourth-order valence-electron chi connectivity index (χ4n) is 2.86. The molecule has 2 aromatic carbocycles. The summed E-state index contributed by atoms with van der Waals surface area (Å²) in [5.74, 6) is 1.60. The molecule has 0 aliphatic heterocycles. The number of anilines is 1. The molecule has 7 nitrogen and oxygen atoms in total. The number of rotatable bonds is 10. The van der Waals surface area contributed by atoms with Crippen molar-refractivity contribution in [3.63, 3.8) is 0 Å². The van der Waals surface area contributed by atoms with E-state index in [2.05, 4.69) is 33.1 Å². The summed E-state index contributed by atoms with van der Waals surface area (Å²) in [6, 6.07) is 15.9. The van der Waals surface area contributed by atoms with Crippen LogP contribution in [0.4, 0.5) is 5.69 Å². The first-order chi connectivity index (χ1) is 14.5. The molecule has 8 heteroatoms. The van der Waals surface area contributed by atoms with Gasteiger partial charge in [0, 0.05) is 18.8 Å². The summed E-state index contributed by atoms with van der Waals surface area (Å²) in [6.07, 6.45) is 0.891. The second-order valence-corrected chi connectivity index (χ2v) is 7.21. The van der Waals surface area contributed by atoms with E-state index in [4.69, 9.17) is 4.74 Å². The van der Waals surface area contributed by atoms with Crippen LogP contribution in [0.1, 0.15) is 18.1 Å². The lowest BCUT2D eigenvalue weighted by Crippen LogP contribution is -2.38. The van der Waals surface area contributed by atoms with Gasteiger partial charge in [-0.15, -0.1) is 24.0 Å². The van der Waals surface area contributed by atoms with Crippen LogP contribution >= 0.6 is 24.0 Å². The number of ether oxygens (including phenoxy) is 1. The van der Waals surface area contributed by atoms with Gasteiger partial charge in [0.1, 0.15) is 5.75 Å². The van der Waals surface area contributed by atoms with Gasteiger partial charge < -0.3 is 25.6 Å². The number of likely N-dealkylation sites (N-methyl/N-ethyl adjacent to an activating group) is 1. The van der Waals surface area contributed by atoms with E-state index in [9.17, 15) is 4.79 Å². The van der Waals surface area contributed by atoms with Crippen LogP contribution in [0.15, 0.2) is 53.5 Å². The van der Waals surface area contributed by atoms with Gasteiger partial charge in [-0.25, -0.2) is 4.99 Å². The average Bonchev–Trinajstić information content (AvgIpc) is 2.72. The molecule has 0 heterocycles. The molecule has 1 amide bonds. The Morgan fingerprint density at radius 1 is 1.06 bits per heavy atom. The third-order valence-electron chi connectivity index (χ3n) is 4.30. The number of halogens is 1. The highest BCUT2D eigenvalue weighted by molar-refractivity contribution is 14.0. The van der Waals surface area contributed by atoms with Crippen LogP contribution in [0, 0.1) is 0 Å². The van der Waals surface area contributed by atoms with Gasteiger partial charge in [-0.1, -0.05) is 24.3 Å². The van der Waals surface area contributed by atoms with Gasteiger partial charge in [-0.2, -0.15) is 0 Å². The molecule has 170 valence electrons. The molecule has 0 aromatic heterocycles. The Hall–Kier alpha value is -2.33. The summed E-state index contributed by atoms with van der Waals surface area (Å²) in [7, 11) is 5.41. The normalized spacial score (nSPS) is 10.9. The van der Waals surface area contributed by atoms with Crippen LogP contribution in [0.3, 0.4) is 0 Å². The molecule has 0 spiro atoms. The van der Waals surface area contributed by atoms with Gasteiger partial charge in [-0.3, -0.25) is 4.79 Å². The van der Waals surface area contributed by atoms with Crippen molar-refractivity contribution in [1.82, 2.24) is 15.5 Å². The summed E-state index contributed by atoms with van der Waals surface area (Å²) >= 11 is 0. The van der Waals surface area contributed by atoms with Crippen LogP contribution in [0.2, 0.25) is 0 Å². The third kappa shape index (κ3) is 10.5. The van der Waals surface area contributed by atoms with Crippen molar-refractivity contribution >= 4 is 41.5 Å². The van der Waals surface area contributed by atoms with Crippen molar-refractivity contribution in [2.24, 2.45) is 4.99 Å². The number of nitrogens with zero attached hydrogens (tertiary/aromatic N) is 2. The zero-order chi connectivity index (χ0) is 21.8. The van der Waals surface area contributed by atoms with E-state index in [1.54, 1.807) is 7.11 Å². The molecular weight excluding hydrogens is 505 g/mol. The molecule has 0 radical (unpaired) electrons. The number of nitrogens with one attached hydrogen (secondary N) is 3. The highest BCUT2D eigenvalue weighted by Crippen LogP contribution is 2.12. The fourth-order valence-corrected chi connectivity index (χ4v) is 2.86. The molecule has 0 aliphatic rings. The van der Waals surface area contributed by atoms with E-state index in [1.165, 1.54) is 5.56 Å². The Balaban J connectivity index is 0.00000480. The van der Waals surface area contributed by atoms with Gasteiger partial charge in [0.2, 0.25) is 5.91 Å². The van der Waals surface area contributed by atoms with E-state index in [0.717, 1.165) is 42.5 Å². The maximum absolute atomic E-state index is 11.9. The third-order valence-corrected chi connectivity index (χ3v) is 4.30. The largest absolute Gasteiger partial charge is 0.497 e. The SMILES string of the molecule is CCNC(=NCc1cccc(NC(=O)CN(C)C)c1)NCCc1ccc(OC)cc1.I. The molecule has 0 saturated heterocycles. The number of hydrogen-bond acceptors (Lipinski definition) is 4. The Morgan fingerprint density at radius 3 is 2.45 bits per heavy atom. The molecule has 0 bridgehead atoms. The van der Waals surface area contributed by atoms with Crippen LogP contribution in [0.5, 0.6) is 5.75 Å². The van der Waals surface area contributed by atoms with Crippen molar-refractivity contribution in [2.45, 2.75) is 19.9 Å². The number of carbonyl (C=O) groups excluding carboxylic acids is 1. The topological polar surface area (TPSA) is 78.0 Å². The lowest BCUT2D eigenvalue weighted by molar-refractivity contribution is -0.116. The van der Waals surface area contributed by atoms with E-state index < -0.39 is 0 Å². The van der Waals surface area contributed by atoms with Crippen LogP contribution < -0.4 is 20.7 Å². The molecule has 0 aliphatic carbocycles. The smallest absolute Gasteiger partial charge is 0.238 e. The number of hydrogen-bond donors (Lipinski definition) is 3. The lowest BCUT2D eigenvalue weighted by atomic mass is 10.1. The molecule has 0 saturated carbocycles. The predicted octanol–water partition coefficient (Wildman–Crippen LogP) is 3.11. The minimum absolute atomic E-state index is 0. The van der Waals surface area contributed by atoms with Crippen LogP contribution in [0.25, 0.3) is 0 Å².